The molecule has 0 unspecified atom stereocenters. The number of rotatable bonds is 2. The first kappa shape index (κ1) is 10.3. The number of hydrogen-bond donors (Lipinski definition) is 2. The summed E-state index contributed by atoms with van der Waals surface area (Å²) in [6.45, 7) is 0. The van der Waals surface area contributed by atoms with Gasteiger partial charge in [-0.15, -0.1) is 0 Å². The molecule has 0 saturated heterocycles. The molecule has 0 aliphatic rings. The van der Waals surface area contributed by atoms with Gasteiger partial charge in [0, 0.05) is 10.8 Å². The number of aromatic carboxylic acids is 1. The van der Waals surface area contributed by atoms with Crippen LogP contribution in [0.3, 0.4) is 0 Å². The highest BCUT2D eigenvalue weighted by Gasteiger charge is 2.12. The van der Waals surface area contributed by atoms with Gasteiger partial charge in [0.2, 0.25) is 0 Å². The minimum atomic E-state index is -1.03. The lowest BCUT2D eigenvalue weighted by atomic mass is 10.0. The Kier molecular flexibility index (Phi) is 2.40. The first-order valence-corrected chi connectivity index (χ1v) is 4.73. The first-order chi connectivity index (χ1) is 7.65. The van der Waals surface area contributed by atoms with E-state index in [2.05, 4.69) is 0 Å². The van der Waals surface area contributed by atoms with Crippen LogP contribution in [0, 0.1) is 0 Å². The zero-order valence-corrected chi connectivity index (χ0v) is 8.73. The summed E-state index contributed by atoms with van der Waals surface area (Å²) in [5.41, 5.74) is 6.19. The quantitative estimate of drug-likeness (QED) is 0.756. The first-order valence-electron chi connectivity index (χ1n) is 4.73. The molecule has 4 nitrogen and oxygen atoms in total. The van der Waals surface area contributed by atoms with Crippen LogP contribution in [0.15, 0.2) is 30.3 Å². The number of anilines is 1. The van der Waals surface area contributed by atoms with E-state index >= 15 is 0 Å². The Balaban J connectivity index is 2.81. The fourth-order valence-electron chi connectivity index (χ4n) is 1.72. The Hall–Kier alpha value is -2.23. The molecule has 0 bridgehead atoms. The summed E-state index contributed by atoms with van der Waals surface area (Å²) < 4.78 is 5.18. The van der Waals surface area contributed by atoms with E-state index in [0.717, 1.165) is 5.39 Å². The number of hydrogen-bond acceptors (Lipinski definition) is 3. The largest absolute Gasteiger partial charge is 0.496 e. The summed E-state index contributed by atoms with van der Waals surface area (Å²) in [4.78, 5) is 10.9. The minimum absolute atomic E-state index is 0.112. The third kappa shape index (κ3) is 1.44. The minimum Gasteiger partial charge on any atom is -0.496 e. The van der Waals surface area contributed by atoms with E-state index in [1.165, 1.54) is 6.07 Å². The Labute approximate surface area is 92.3 Å². The number of nitrogen functional groups attached to an aromatic ring is 1. The van der Waals surface area contributed by atoms with Crippen LogP contribution in [0.25, 0.3) is 10.8 Å². The molecule has 0 radical (unpaired) electrons. The van der Waals surface area contributed by atoms with Crippen LogP contribution in [0.5, 0.6) is 5.75 Å². The van der Waals surface area contributed by atoms with Crippen molar-refractivity contribution in [3.63, 3.8) is 0 Å². The summed E-state index contributed by atoms with van der Waals surface area (Å²) in [5.74, 6) is -0.344. The predicted molar refractivity (Wildman–Crippen MR) is 61.9 cm³/mol. The number of carboxylic acids is 1. The SMILES string of the molecule is COc1cccc2c(N)c(C(=O)O)ccc12. The zero-order valence-electron chi connectivity index (χ0n) is 8.73. The molecule has 0 heterocycles. The van der Waals surface area contributed by atoms with E-state index < -0.39 is 5.97 Å². The lowest BCUT2D eigenvalue weighted by molar-refractivity contribution is 0.0698. The highest BCUT2D eigenvalue weighted by molar-refractivity contribution is 6.06. The maximum Gasteiger partial charge on any atom is 0.337 e. The fourth-order valence-corrected chi connectivity index (χ4v) is 1.72. The molecule has 0 saturated carbocycles. The molecule has 0 aliphatic carbocycles. The monoisotopic (exact) mass is 217 g/mol. The van der Waals surface area contributed by atoms with Gasteiger partial charge in [0.05, 0.1) is 18.4 Å². The van der Waals surface area contributed by atoms with Crippen molar-refractivity contribution in [2.75, 3.05) is 12.8 Å². The Bertz CT molecular complexity index is 563. The average molecular weight is 217 g/mol. The topological polar surface area (TPSA) is 72.5 Å². The second-order valence-corrected chi connectivity index (χ2v) is 3.39. The van der Waals surface area contributed by atoms with Gasteiger partial charge in [0.1, 0.15) is 5.75 Å². The number of carboxylic acid groups (broad SMARTS) is 1. The van der Waals surface area contributed by atoms with Gasteiger partial charge in [-0.3, -0.25) is 0 Å². The van der Waals surface area contributed by atoms with Crippen molar-refractivity contribution in [1.82, 2.24) is 0 Å². The smallest absolute Gasteiger partial charge is 0.337 e. The number of fused-ring (bicyclic) bond motifs is 1. The van der Waals surface area contributed by atoms with E-state index in [-0.39, 0.29) is 11.3 Å². The second kappa shape index (κ2) is 3.73. The van der Waals surface area contributed by atoms with E-state index in [4.69, 9.17) is 15.6 Å². The van der Waals surface area contributed by atoms with Crippen LogP contribution >= 0.6 is 0 Å². The maximum absolute atomic E-state index is 10.9. The molecule has 0 aromatic heterocycles. The molecule has 2 aromatic carbocycles. The molecule has 2 aromatic rings. The van der Waals surface area contributed by atoms with Gasteiger partial charge in [-0.2, -0.15) is 0 Å². The highest BCUT2D eigenvalue weighted by Crippen LogP contribution is 2.31. The van der Waals surface area contributed by atoms with Crippen molar-refractivity contribution in [2.24, 2.45) is 0 Å². The van der Waals surface area contributed by atoms with Gasteiger partial charge in [0.15, 0.2) is 0 Å². The Morgan fingerprint density at radius 3 is 2.62 bits per heavy atom. The number of ether oxygens (including phenoxy) is 1. The molecule has 0 atom stereocenters. The molecule has 82 valence electrons. The van der Waals surface area contributed by atoms with Crippen LogP contribution in [0.1, 0.15) is 10.4 Å². The van der Waals surface area contributed by atoms with E-state index in [9.17, 15) is 4.79 Å². The lowest BCUT2D eigenvalue weighted by Gasteiger charge is -2.09. The van der Waals surface area contributed by atoms with Crippen LogP contribution in [-0.2, 0) is 0 Å². The second-order valence-electron chi connectivity index (χ2n) is 3.39. The lowest BCUT2D eigenvalue weighted by Crippen LogP contribution is -2.02. The van der Waals surface area contributed by atoms with E-state index in [1.54, 1.807) is 25.3 Å². The van der Waals surface area contributed by atoms with Gasteiger partial charge < -0.3 is 15.6 Å². The van der Waals surface area contributed by atoms with Crippen LogP contribution < -0.4 is 10.5 Å². The molecule has 0 spiro atoms. The highest BCUT2D eigenvalue weighted by atomic mass is 16.5. The summed E-state index contributed by atoms with van der Waals surface area (Å²) in [6.07, 6.45) is 0. The van der Waals surface area contributed by atoms with Crippen LogP contribution in [0.4, 0.5) is 5.69 Å². The third-order valence-corrected chi connectivity index (χ3v) is 2.51. The van der Waals surface area contributed by atoms with Gasteiger partial charge in [-0.25, -0.2) is 4.79 Å². The van der Waals surface area contributed by atoms with Crippen molar-refractivity contribution in [1.29, 1.82) is 0 Å². The van der Waals surface area contributed by atoms with E-state index in [1.807, 2.05) is 6.07 Å². The molecule has 0 amide bonds. The number of methoxy groups -OCH3 is 1. The van der Waals surface area contributed by atoms with E-state index in [0.29, 0.717) is 11.1 Å². The van der Waals surface area contributed by atoms with Gasteiger partial charge in [-0.05, 0) is 18.2 Å². The Morgan fingerprint density at radius 1 is 1.25 bits per heavy atom. The molecule has 3 N–H and O–H groups in total. The number of benzene rings is 2. The van der Waals surface area contributed by atoms with Crippen LogP contribution in [0.2, 0.25) is 0 Å². The van der Waals surface area contributed by atoms with Crippen molar-refractivity contribution in [3.8, 4) is 5.75 Å². The molecule has 4 heteroatoms. The standard InChI is InChI=1S/C12H11NO3/c1-16-10-4-2-3-8-7(10)5-6-9(11(8)13)12(14)15/h2-6H,13H2,1H3,(H,14,15). The molecular formula is C12H11NO3. The predicted octanol–water partition coefficient (Wildman–Crippen LogP) is 2.13. The maximum atomic E-state index is 10.9. The van der Waals surface area contributed by atoms with Gasteiger partial charge in [0.25, 0.3) is 0 Å². The van der Waals surface area contributed by atoms with Crippen LogP contribution in [-0.4, -0.2) is 18.2 Å². The molecule has 0 aliphatic heterocycles. The summed E-state index contributed by atoms with van der Waals surface area (Å²) in [7, 11) is 1.57. The average Bonchev–Trinajstić information content (AvgIpc) is 2.28. The number of carbonyl (C=O) groups is 1. The summed E-state index contributed by atoms with van der Waals surface area (Å²) in [5, 5.41) is 10.4. The zero-order chi connectivity index (χ0) is 11.7. The fraction of sp³-hybridized carbons (Fsp3) is 0.0833. The summed E-state index contributed by atoms with van der Waals surface area (Å²) in [6, 6.07) is 8.56. The molecule has 16 heavy (non-hydrogen) atoms. The van der Waals surface area contributed by atoms with Crippen molar-refractivity contribution in [2.45, 2.75) is 0 Å². The molecule has 2 rings (SSSR count). The molecular weight excluding hydrogens is 206 g/mol. The van der Waals surface area contributed by atoms with Crippen molar-refractivity contribution < 1.29 is 14.6 Å². The molecule has 0 fully saturated rings. The van der Waals surface area contributed by atoms with Gasteiger partial charge >= 0.3 is 5.97 Å². The van der Waals surface area contributed by atoms with Crippen molar-refractivity contribution in [3.05, 3.63) is 35.9 Å². The normalized spacial score (nSPS) is 10.3. The van der Waals surface area contributed by atoms with Crippen molar-refractivity contribution >= 4 is 22.4 Å². The number of nitrogens with two attached hydrogens (primary N) is 1. The summed E-state index contributed by atoms with van der Waals surface area (Å²) >= 11 is 0. The van der Waals surface area contributed by atoms with Gasteiger partial charge in [-0.1, -0.05) is 12.1 Å². The third-order valence-electron chi connectivity index (χ3n) is 2.51. The Morgan fingerprint density at radius 2 is 2.00 bits per heavy atom.